The minimum Gasteiger partial charge on any atom is -0.493 e. The summed E-state index contributed by atoms with van der Waals surface area (Å²) < 4.78 is 36.8. The first kappa shape index (κ1) is 26.2. The van der Waals surface area contributed by atoms with Gasteiger partial charge in [-0.15, -0.1) is 0 Å². The first-order valence-electron chi connectivity index (χ1n) is 12.7. The maximum Gasteiger partial charge on any atom is 0.279 e. The van der Waals surface area contributed by atoms with Crippen molar-refractivity contribution in [1.29, 1.82) is 0 Å². The van der Waals surface area contributed by atoms with Crippen LogP contribution < -0.4 is 9.46 Å². The van der Waals surface area contributed by atoms with Crippen molar-refractivity contribution in [3.8, 4) is 5.75 Å². The van der Waals surface area contributed by atoms with Crippen molar-refractivity contribution in [1.82, 2.24) is 19.1 Å². The Hall–Kier alpha value is -4.37. The van der Waals surface area contributed by atoms with Crippen molar-refractivity contribution in [2.24, 2.45) is 7.05 Å². The number of benzene rings is 3. The van der Waals surface area contributed by atoms with Crippen LogP contribution in [-0.4, -0.2) is 35.3 Å². The topological polar surface area (TPSA) is 95.2 Å². The minimum atomic E-state index is -3.94. The molecule has 5 rings (SSSR count). The second-order valence-electron chi connectivity index (χ2n) is 9.41. The fourth-order valence-corrected chi connectivity index (χ4v) is 5.72. The maximum atomic E-state index is 12.6. The average molecular weight is 543 g/mol. The third-order valence-electron chi connectivity index (χ3n) is 6.54. The molecule has 200 valence electrons. The van der Waals surface area contributed by atoms with Gasteiger partial charge >= 0.3 is 0 Å². The lowest BCUT2D eigenvalue weighted by atomic mass is 10.0. The van der Waals surface area contributed by atoms with Crippen molar-refractivity contribution in [2.45, 2.75) is 30.8 Å². The van der Waals surface area contributed by atoms with Gasteiger partial charge in [0.2, 0.25) is 5.91 Å². The first-order valence-corrected chi connectivity index (χ1v) is 14.2. The summed E-state index contributed by atoms with van der Waals surface area (Å²) in [6.45, 7) is 1.05. The molecule has 39 heavy (non-hydrogen) atoms. The van der Waals surface area contributed by atoms with Gasteiger partial charge < -0.3 is 9.30 Å². The number of hydrogen-bond donors (Lipinski definition) is 1. The first-order chi connectivity index (χ1) is 18.9. The highest BCUT2D eigenvalue weighted by molar-refractivity contribution is 7.90. The van der Waals surface area contributed by atoms with Gasteiger partial charge in [0.1, 0.15) is 5.75 Å². The molecule has 9 heteroatoms. The second-order valence-corrected chi connectivity index (χ2v) is 11.0. The number of ether oxygens (including phenoxy) is 1. The van der Waals surface area contributed by atoms with E-state index in [2.05, 4.69) is 40.2 Å². The van der Waals surface area contributed by atoms with Gasteiger partial charge in [-0.25, -0.2) is 4.72 Å². The van der Waals surface area contributed by atoms with Gasteiger partial charge in [-0.1, -0.05) is 54.6 Å². The number of fused-ring (bicyclic) bond motifs is 1. The number of aryl methyl sites for hydroxylation is 2. The Kier molecular flexibility index (Phi) is 7.79. The summed E-state index contributed by atoms with van der Waals surface area (Å²) in [6.07, 6.45) is 6.31. The lowest BCUT2D eigenvalue weighted by molar-refractivity contribution is -0.119. The number of sulfonamides is 1. The van der Waals surface area contributed by atoms with Crippen LogP contribution in [0.1, 0.15) is 23.1 Å². The Morgan fingerprint density at radius 1 is 0.897 bits per heavy atom. The SMILES string of the molecule is Cn1cccc1S(=O)(=O)NC(=O)CCc1ccc(Cn2cccn2)cc1OCCc1ccc2ccccc2c1. The number of nitrogens with one attached hydrogen (secondary N) is 1. The summed E-state index contributed by atoms with van der Waals surface area (Å²) in [7, 11) is -2.32. The number of carbonyl (C=O) groups excluding carboxylic acids is 1. The molecule has 0 atom stereocenters. The van der Waals surface area contributed by atoms with E-state index in [1.54, 1.807) is 25.5 Å². The predicted molar refractivity (Wildman–Crippen MR) is 150 cm³/mol. The van der Waals surface area contributed by atoms with E-state index >= 15 is 0 Å². The molecule has 1 amide bonds. The van der Waals surface area contributed by atoms with Crippen molar-refractivity contribution in [3.63, 3.8) is 0 Å². The summed E-state index contributed by atoms with van der Waals surface area (Å²) in [5.41, 5.74) is 3.02. The quantitative estimate of drug-likeness (QED) is 0.266. The molecule has 0 unspecified atom stereocenters. The molecular weight excluding hydrogens is 512 g/mol. The van der Waals surface area contributed by atoms with E-state index < -0.39 is 15.9 Å². The van der Waals surface area contributed by atoms with Gasteiger partial charge in [-0.3, -0.25) is 9.48 Å². The fourth-order valence-electron chi connectivity index (χ4n) is 4.52. The van der Waals surface area contributed by atoms with Gasteiger partial charge in [0, 0.05) is 38.5 Å². The van der Waals surface area contributed by atoms with Crippen molar-refractivity contribution >= 4 is 26.7 Å². The van der Waals surface area contributed by atoms with E-state index in [1.807, 2.05) is 47.3 Å². The van der Waals surface area contributed by atoms with Gasteiger partial charge in [0.15, 0.2) is 5.03 Å². The van der Waals surface area contributed by atoms with Crippen LogP contribution >= 0.6 is 0 Å². The normalized spacial score (nSPS) is 11.5. The molecule has 0 fully saturated rings. The zero-order valence-electron chi connectivity index (χ0n) is 21.7. The van der Waals surface area contributed by atoms with Crippen LogP contribution in [-0.2, 0) is 41.3 Å². The van der Waals surface area contributed by atoms with Crippen molar-refractivity contribution in [3.05, 3.63) is 114 Å². The molecule has 3 aromatic carbocycles. The molecule has 0 aliphatic rings. The Morgan fingerprint density at radius 2 is 1.72 bits per heavy atom. The van der Waals surface area contributed by atoms with Gasteiger partial charge in [0.05, 0.1) is 13.2 Å². The van der Waals surface area contributed by atoms with Gasteiger partial charge in [-0.2, -0.15) is 13.5 Å². The van der Waals surface area contributed by atoms with E-state index in [-0.39, 0.29) is 11.4 Å². The van der Waals surface area contributed by atoms with Gasteiger partial charge in [0.25, 0.3) is 10.0 Å². The zero-order valence-corrected chi connectivity index (χ0v) is 22.5. The van der Waals surface area contributed by atoms with Crippen LogP contribution in [0.15, 0.2) is 102 Å². The smallest absolute Gasteiger partial charge is 0.279 e. The minimum absolute atomic E-state index is 0.00316. The molecule has 5 aromatic rings. The molecule has 0 radical (unpaired) electrons. The largest absolute Gasteiger partial charge is 0.493 e. The highest BCUT2D eigenvalue weighted by Gasteiger charge is 2.20. The summed E-state index contributed by atoms with van der Waals surface area (Å²) >= 11 is 0. The number of aromatic nitrogens is 3. The Labute approximate surface area is 227 Å². The Bertz CT molecular complexity index is 1690. The van der Waals surface area contributed by atoms with E-state index in [9.17, 15) is 13.2 Å². The van der Waals surface area contributed by atoms with Crippen LogP contribution in [0.3, 0.4) is 0 Å². The molecule has 0 spiro atoms. The number of carbonyl (C=O) groups is 1. The van der Waals surface area contributed by atoms with E-state index in [1.165, 1.54) is 27.0 Å². The standard InChI is InChI=1S/C30H30N4O4S/c1-33-17-4-8-30(33)39(36,37)32-29(35)14-13-26-12-10-24(22-34-18-5-16-31-34)21-28(26)38-19-15-23-9-11-25-6-2-3-7-27(25)20-23/h2-12,16-18,20-21H,13-15,19,22H2,1H3,(H,32,35). The molecule has 0 saturated heterocycles. The summed E-state index contributed by atoms with van der Waals surface area (Å²) in [4.78, 5) is 12.6. The molecule has 1 N–H and O–H groups in total. The van der Waals surface area contributed by atoms with Crippen LogP contribution in [0.4, 0.5) is 0 Å². The predicted octanol–water partition coefficient (Wildman–Crippen LogP) is 4.48. The lowest BCUT2D eigenvalue weighted by Gasteiger charge is -2.14. The molecule has 0 bridgehead atoms. The molecule has 8 nitrogen and oxygen atoms in total. The number of hydrogen-bond acceptors (Lipinski definition) is 5. The van der Waals surface area contributed by atoms with Crippen LogP contribution in [0.5, 0.6) is 5.75 Å². The highest BCUT2D eigenvalue weighted by atomic mass is 32.2. The number of nitrogens with zero attached hydrogens (tertiary/aromatic N) is 3. The lowest BCUT2D eigenvalue weighted by Crippen LogP contribution is -2.31. The molecule has 2 heterocycles. The van der Waals surface area contributed by atoms with Gasteiger partial charge in [-0.05, 0) is 58.1 Å². The highest BCUT2D eigenvalue weighted by Crippen LogP contribution is 2.24. The third kappa shape index (κ3) is 6.56. The molecule has 2 aromatic heterocycles. The van der Waals surface area contributed by atoms with E-state index in [4.69, 9.17) is 4.74 Å². The molecule has 0 aliphatic carbocycles. The number of rotatable bonds is 11. The van der Waals surface area contributed by atoms with Crippen LogP contribution in [0, 0.1) is 0 Å². The summed E-state index contributed by atoms with van der Waals surface area (Å²) in [5.74, 6) is 0.109. The van der Waals surface area contributed by atoms with Crippen molar-refractivity contribution in [2.75, 3.05) is 6.61 Å². The average Bonchev–Trinajstić information content (AvgIpc) is 3.60. The van der Waals surface area contributed by atoms with Crippen LogP contribution in [0.25, 0.3) is 10.8 Å². The second kappa shape index (κ2) is 11.6. The number of amides is 1. The van der Waals surface area contributed by atoms with E-state index in [0.29, 0.717) is 25.3 Å². The molecule has 0 saturated carbocycles. The summed E-state index contributed by atoms with van der Waals surface area (Å²) in [6, 6.07) is 25.5. The van der Waals surface area contributed by atoms with E-state index in [0.717, 1.165) is 17.5 Å². The van der Waals surface area contributed by atoms with Crippen LogP contribution in [0.2, 0.25) is 0 Å². The zero-order chi connectivity index (χ0) is 27.2. The fraction of sp³-hybridized carbons (Fsp3) is 0.200. The summed E-state index contributed by atoms with van der Waals surface area (Å²) in [5, 5.41) is 6.70. The Balaban J connectivity index is 1.27. The molecule has 0 aliphatic heterocycles. The third-order valence-corrected chi connectivity index (χ3v) is 8.01. The monoisotopic (exact) mass is 542 g/mol. The molecular formula is C30H30N4O4S. The van der Waals surface area contributed by atoms with Crippen molar-refractivity contribution < 1.29 is 17.9 Å². The maximum absolute atomic E-state index is 12.6. The Morgan fingerprint density at radius 3 is 2.49 bits per heavy atom.